The van der Waals surface area contributed by atoms with Gasteiger partial charge in [0.25, 0.3) is 0 Å². The lowest BCUT2D eigenvalue weighted by atomic mass is 10.1. The molecule has 0 aliphatic heterocycles. The topological polar surface area (TPSA) is 62.3 Å². The fraction of sp³-hybridized carbons (Fsp3) is 0.400. The number of hydrogen-bond acceptors (Lipinski definition) is 4. The van der Waals surface area contributed by atoms with E-state index in [-0.39, 0.29) is 0 Å². The van der Waals surface area contributed by atoms with Gasteiger partial charge in [-0.1, -0.05) is 11.6 Å². The zero-order valence-corrected chi connectivity index (χ0v) is 12.8. The van der Waals surface area contributed by atoms with Crippen molar-refractivity contribution in [3.63, 3.8) is 0 Å². The van der Waals surface area contributed by atoms with E-state index < -0.39 is 0 Å². The number of ether oxygens (including phenoxy) is 2. The van der Waals surface area contributed by atoms with Gasteiger partial charge >= 0.3 is 0 Å². The van der Waals surface area contributed by atoms with Crippen molar-refractivity contribution in [2.45, 2.75) is 19.4 Å². The Kier molecular flexibility index (Phi) is 5.90. The minimum absolute atomic E-state index is 0.537. The lowest BCUT2D eigenvalue weighted by molar-refractivity contribution is 0.280. The second-order valence-electron chi connectivity index (χ2n) is 4.64. The highest BCUT2D eigenvalue weighted by Crippen LogP contribution is 2.35. The van der Waals surface area contributed by atoms with Crippen LogP contribution >= 0.6 is 11.6 Å². The Bertz CT molecular complexity index is 558. The second-order valence-corrected chi connectivity index (χ2v) is 5.07. The average molecular weight is 310 g/mol. The lowest BCUT2D eigenvalue weighted by Crippen LogP contribution is -2.08. The smallest absolute Gasteiger partial charge is 0.164 e. The fourth-order valence-corrected chi connectivity index (χ4v) is 2.35. The van der Waals surface area contributed by atoms with Crippen LogP contribution in [0, 0.1) is 0 Å². The number of methoxy groups -OCH3 is 1. The van der Waals surface area contributed by atoms with Gasteiger partial charge < -0.3 is 19.8 Å². The van der Waals surface area contributed by atoms with E-state index in [0.29, 0.717) is 30.3 Å². The average Bonchev–Trinajstić information content (AvgIpc) is 2.98. The molecule has 2 aromatic rings. The molecule has 5 nitrogen and oxygen atoms in total. The van der Waals surface area contributed by atoms with Gasteiger partial charge in [-0.05, 0) is 25.5 Å². The molecule has 0 fully saturated rings. The number of rotatable bonds is 8. The number of nitrogens with two attached hydrogens (primary N) is 1. The summed E-state index contributed by atoms with van der Waals surface area (Å²) in [6.07, 6.45) is 7.08. The first kappa shape index (κ1) is 15.7. The molecule has 0 aliphatic rings. The molecule has 2 rings (SSSR count). The highest BCUT2D eigenvalue weighted by Gasteiger charge is 2.12. The molecule has 21 heavy (non-hydrogen) atoms. The molecule has 1 heterocycles. The van der Waals surface area contributed by atoms with Gasteiger partial charge in [-0.25, -0.2) is 4.98 Å². The zero-order chi connectivity index (χ0) is 15.1. The predicted molar refractivity (Wildman–Crippen MR) is 83.1 cm³/mol. The Hall–Kier alpha value is -1.72. The first-order valence-electron chi connectivity index (χ1n) is 6.89. The van der Waals surface area contributed by atoms with Gasteiger partial charge in [0.2, 0.25) is 0 Å². The molecular weight excluding hydrogens is 290 g/mol. The molecule has 0 saturated heterocycles. The summed E-state index contributed by atoms with van der Waals surface area (Å²) < 4.78 is 13.3. The van der Waals surface area contributed by atoms with E-state index in [1.165, 1.54) is 0 Å². The van der Waals surface area contributed by atoms with E-state index in [4.69, 9.17) is 26.8 Å². The number of aromatic nitrogens is 2. The van der Waals surface area contributed by atoms with E-state index in [1.54, 1.807) is 25.7 Å². The summed E-state index contributed by atoms with van der Waals surface area (Å²) in [4.78, 5) is 4.01. The second kappa shape index (κ2) is 7.90. The number of imidazole rings is 1. The highest BCUT2D eigenvalue weighted by molar-refractivity contribution is 6.30. The van der Waals surface area contributed by atoms with Crippen molar-refractivity contribution in [3.8, 4) is 11.5 Å². The maximum atomic E-state index is 6.08. The van der Waals surface area contributed by atoms with E-state index in [9.17, 15) is 0 Å². The molecule has 6 heteroatoms. The van der Waals surface area contributed by atoms with Gasteiger partial charge in [-0.15, -0.1) is 0 Å². The molecule has 2 N–H and O–H groups in total. The van der Waals surface area contributed by atoms with Crippen molar-refractivity contribution < 1.29 is 9.47 Å². The number of aryl methyl sites for hydroxylation is 1. The lowest BCUT2D eigenvalue weighted by Gasteiger charge is -2.15. The Morgan fingerprint density at radius 3 is 2.90 bits per heavy atom. The molecule has 0 radical (unpaired) electrons. The molecule has 0 amide bonds. The van der Waals surface area contributed by atoms with Crippen LogP contribution in [0.5, 0.6) is 11.5 Å². The van der Waals surface area contributed by atoms with Gasteiger partial charge in [0.15, 0.2) is 11.5 Å². The summed E-state index contributed by atoms with van der Waals surface area (Å²) in [5.74, 6) is 1.38. The monoisotopic (exact) mass is 309 g/mol. The number of halogens is 1. The number of nitrogens with zero attached hydrogens (tertiary/aromatic N) is 2. The third-order valence-electron chi connectivity index (χ3n) is 3.10. The Balaban J connectivity index is 2.00. The van der Waals surface area contributed by atoms with Crippen LogP contribution in [0.25, 0.3) is 0 Å². The van der Waals surface area contributed by atoms with E-state index in [1.807, 2.05) is 16.8 Å². The Labute approximate surface area is 129 Å². The van der Waals surface area contributed by atoms with Crippen LogP contribution in [0.3, 0.4) is 0 Å². The van der Waals surface area contributed by atoms with Crippen LogP contribution in [-0.4, -0.2) is 29.8 Å². The maximum Gasteiger partial charge on any atom is 0.164 e. The van der Waals surface area contributed by atoms with E-state index >= 15 is 0 Å². The van der Waals surface area contributed by atoms with Crippen molar-refractivity contribution in [2.24, 2.45) is 5.73 Å². The third-order valence-corrected chi connectivity index (χ3v) is 3.31. The number of hydrogen-bond donors (Lipinski definition) is 1. The SMILES string of the molecule is COc1cc(Cl)cc(CCN)c1OCCCn1ccnc1. The minimum Gasteiger partial charge on any atom is -0.493 e. The predicted octanol–water partition coefficient (Wildman–Crippen LogP) is 2.52. The molecule has 0 spiro atoms. The quantitative estimate of drug-likeness (QED) is 0.761. The summed E-state index contributed by atoms with van der Waals surface area (Å²) in [5.41, 5.74) is 6.62. The van der Waals surface area contributed by atoms with Crippen LogP contribution in [0.4, 0.5) is 0 Å². The Morgan fingerprint density at radius 2 is 2.24 bits per heavy atom. The van der Waals surface area contributed by atoms with Gasteiger partial charge in [-0.3, -0.25) is 0 Å². The molecule has 0 bridgehead atoms. The molecule has 0 aliphatic carbocycles. The van der Waals surface area contributed by atoms with Crippen molar-refractivity contribution in [2.75, 3.05) is 20.3 Å². The van der Waals surface area contributed by atoms with Crippen molar-refractivity contribution in [1.82, 2.24) is 9.55 Å². The third kappa shape index (κ3) is 4.37. The molecule has 0 unspecified atom stereocenters. The zero-order valence-electron chi connectivity index (χ0n) is 12.1. The first-order chi connectivity index (χ1) is 10.2. The molecule has 1 aromatic heterocycles. The molecule has 114 valence electrons. The molecular formula is C15H20ClN3O2. The van der Waals surface area contributed by atoms with Crippen LogP contribution in [-0.2, 0) is 13.0 Å². The van der Waals surface area contributed by atoms with Crippen LogP contribution in [0.2, 0.25) is 5.02 Å². The van der Waals surface area contributed by atoms with Gasteiger partial charge in [0.05, 0.1) is 20.0 Å². The van der Waals surface area contributed by atoms with Crippen molar-refractivity contribution in [3.05, 3.63) is 41.4 Å². The summed E-state index contributed by atoms with van der Waals surface area (Å²) >= 11 is 6.08. The highest BCUT2D eigenvalue weighted by atomic mass is 35.5. The van der Waals surface area contributed by atoms with Gasteiger partial charge in [0, 0.05) is 35.6 Å². The summed E-state index contributed by atoms with van der Waals surface area (Å²) in [6, 6.07) is 3.63. The maximum absolute atomic E-state index is 6.08. The van der Waals surface area contributed by atoms with Crippen LogP contribution in [0.15, 0.2) is 30.9 Å². The normalized spacial score (nSPS) is 10.6. The fourth-order valence-electron chi connectivity index (χ4n) is 2.12. The largest absolute Gasteiger partial charge is 0.493 e. The molecule has 1 aromatic carbocycles. The van der Waals surface area contributed by atoms with Gasteiger partial charge in [-0.2, -0.15) is 0 Å². The van der Waals surface area contributed by atoms with Crippen molar-refractivity contribution >= 4 is 11.6 Å². The summed E-state index contributed by atoms with van der Waals surface area (Å²) in [6.45, 7) is 1.99. The van der Waals surface area contributed by atoms with E-state index in [2.05, 4.69) is 4.98 Å². The first-order valence-corrected chi connectivity index (χ1v) is 7.27. The number of benzene rings is 1. The Morgan fingerprint density at radius 1 is 1.38 bits per heavy atom. The van der Waals surface area contributed by atoms with Crippen molar-refractivity contribution in [1.29, 1.82) is 0 Å². The standard InChI is InChI=1S/C15H20ClN3O2/c1-20-14-10-13(16)9-12(3-4-17)15(14)21-8-2-6-19-7-5-18-11-19/h5,7,9-11H,2-4,6,8,17H2,1H3. The molecule has 0 saturated carbocycles. The van der Waals surface area contributed by atoms with Crippen LogP contribution in [0.1, 0.15) is 12.0 Å². The van der Waals surface area contributed by atoms with E-state index in [0.717, 1.165) is 24.3 Å². The molecule has 0 atom stereocenters. The van der Waals surface area contributed by atoms with Gasteiger partial charge in [0.1, 0.15) is 0 Å². The minimum atomic E-state index is 0.537. The van der Waals surface area contributed by atoms with Crippen LogP contribution < -0.4 is 15.2 Å². The summed E-state index contributed by atoms with van der Waals surface area (Å²) in [5, 5.41) is 0.626. The summed E-state index contributed by atoms with van der Waals surface area (Å²) in [7, 11) is 1.61.